The van der Waals surface area contributed by atoms with E-state index in [0.717, 1.165) is 0 Å². The lowest BCUT2D eigenvalue weighted by molar-refractivity contribution is 0.0697. The van der Waals surface area contributed by atoms with E-state index in [1.807, 2.05) is 0 Å². The molecule has 0 atom stereocenters. The Labute approximate surface area is 115 Å². The van der Waals surface area contributed by atoms with Crippen molar-refractivity contribution < 1.29 is 19.7 Å². The first kappa shape index (κ1) is 14.9. The highest BCUT2D eigenvalue weighted by Crippen LogP contribution is 2.27. The van der Waals surface area contributed by atoms with Crippen LogP contribution in [0.15, 0.2) is 48.5 Å². The summed E-state index contributed by atoms with van der Waals surface area (Å²) in [6.07, 6.45) is 0. The quantitative estimate of drug-likeness (QED) is 0.884. The molecule has 0 radical (unpaired) electrons. The van der Waals surface area contributed by atoms with Gasteiger partial charge in [0.25, 0.3) is 0 Å². The van der Waals surface area contributed by atoms with Gasteiger partial charge in [-0.25, -0.2) is 4.79 Å². The molecule has 0 aliphatic rings. The molecule has 0 heterocycles. The van der Waals surface area contributed by atoms with Crippen molar-refractivity contribution >= 4 is 17.6 Å². The Hall–Kier alpha value is -2.20. The van der Waals surface area contributed by atoms with Crippen LogP contribution in [-0.4, -0.2) is 23.3 Å². The number of hydrogen-bond donors (Lipinski definition) is 2. The van der Waals surface area contributed by atoms with E-state index in [4.69, 9.17) is 26.6 Å². The smallest absolute Gasteiger partial charge is 0.335 e. The summed E-state index contributed by atoms with van der Waals surface area (Å²) in [5.74, 6) is -0.237. The van der Waals surface area contributed by atoms with Gasteiger partial charge in [-0.1, -0.05) is 29.8 Å². The van der Waals surface area contributed by atoms with Crippen molar-refractivity contribution in [3.63, 3.8) is 0 Å². The number of carboxylic acid groups (broad SMARTS) is 1. The summed E-state index contributed by atoms with van der Waals surface area (Å²) in [4.78, 5) is 10.2. The molecule has 0 saturated heterocycles. The molecule has 2 aromatic rings. The summed E-state index contributed by atoms with van der Waals surface area (Å²) in [6, 6.07) is 12.8. The molecular weight excluding hydrogens is 268 g/mol. The molecule has 0 spiro atoms. The molecule has 0 saturated carbocycles. The Bertz CT molecular complexity index is 540. The fourth-order valence-corrected chi connectivity index (χ4v) is 1.42. The zero-order valence-electron chi connectivity index (χ0n) is 10.2. The van der Waals surface area contributed by atoms with Gasteiger partial charge in [-0.15, -0.1) is 0 Å². The maximum atomic E-state index is 10.2. The third kappa shape index (κ3) is 4.89. The molecule has 0 bridgehead atoms. The van der Waals surface area contributed by atoms with Gasteiger partial charge in [-0.2, -0.15) is 0 Å². The maximum absolute atomic E-state index is 10.2. The molecule has 5 heteroatoms. The van der Waals surface area contributed by atoms with Crippen LogP contribution < -0.4 is 4.74 Å². The van der Waals surface area contributed by atoms with E-state index >= 15 is 0 Å². The summed E-state index contributed by atoms with van der Waals surface area (Å²) in [5, 5.41) is 17.8. The molecular formula is C14H13ClO4. The van der Waals surface area contributed by atoms with E-state index in [2.05, 4.69) is 0 Å². The summed E-state index contributed by atoms with van der Waals surface area (Å²) >= 11 is 5.66. The molecule has 2 aromatic carbocycles. The van der Waals surface area contributed by atoms with Crippen molar-refractivity contribution in [2.45, 2.75) is 0 Å². The number of carbonyl (C=O) groups is 1. The Morgan fingerprint density at radius 2 is 1.79 bits per heavy atom. The van der Waals surface area contributed by atoms with E-state index in [1.165, 1.54) is 19.2 Å². The fraction of sp³-hybridized carbons (Fsp3) is 0.0714. The van der Waals surface area contributed by atoms with Crippen LogP contribution in [-0.2, 0) is 0 Å². The van der Waals surface area contributed by atoms with Crippen LogP contribution in [0.4, 0.5) is 0 Å². The summed E-state index contributed by atoms with van der Waals surface area (Å²) in [6.45, 7) is 0. The van der Waals surface area contributed by atoms with E-state index in [0.29, 0.717) is 16.3 Å². The SMILES string of the molecule is COc1cc(O)ccc1Cl.O=C(O)c1ccccc1. The monoisotopic (exact) mass is 280 g/mol. The Kier molecular flexibility index (Phi) is 5.70. The lowest BCUT2D eigenvalue weighted by Gasteiger charge is -2.01. The van der Waals surface area contributed by atoms with Crippen LogP contribution in [0.5, 0.6) is 11.5 Å². The van der Waals surface area contributed by atoms with Crippen LogP contribution in [0.25, 0.3) is 0 Å². The number of hydrogen-bond acceptors (Lipinski definition) is 3. The summed E-state index contributed by atoms with van der Waals surface area (Å²) in [7, 11) is 1.50. The van der Waals surface area contributed by atoms with Gasteiger partial charge >= 0.3 is 5.97 Å². The van der Waals surface area contributed by atoms with Gasteiger partial charge < -0.3 is 14.9 Å². The van der Waals surface area contributed by atoms with Crippen LogP contribution in [0, 0.1) is 0 Å². The van der Waals surface area contributed by atoms with Crippen molar-refractivity contribution in [3.8, 4) is 11.5 Å². The van der Waals surface area contributed by atoms with Crippen molar-refractivity contribution in [2.75, 3.05) is 7.11 Å². The minimum atomic E-state index is -0.879. The first-order valence-electron chi connectivity index (χ1n) is 5.35. The van der Waals surface area contributed by atoms with Crippen LogP contribution in [0.2, 0.25) is 5.02 Å². The van der Waals surface area contributed by atoms with Gasteiger partial charge in [0.05, 0.1) is 17.7 Å². The van der Waals surface area contributed by atoms with Crippen molar-refractivity contribution in [2.24, 2.45) is 0 Å². The van der Waals surface area contributed by atoms with Crippen LogP contribution in [0.3, 0.4) is 0 Å². The number of methoxy groups -OCH3 is 1. The standard InChI is InChI=1S/C7H7ClO2.C7H6O2/c1-10-7-4-5(9)2-3-6(7)8;8-7(9)6-4-2-1-3-5-6/h2-4,9H,1H3;1-5H,(H,8,9). The first-order chi connectivity index (χ1) is 9.04. The molecule has 0 unspecified atom stereocenters. The lowest BCUT2D eigenvalue weighted by Crippen LogP contribution is -1.93. The predicted octanol–water partition coefficient (Wildman–Crippen LogP) is 3.44. The third-order valence-electron chi connectivity index (χ3n) is 2.16. The lowest BCUT2D eigenvalue weighted by atomic mass is 10.2. The Balaban J connectivity index is 0.000000191. The largest absolute Gasteiger partial charge is 0.508 e. The molecule has 2 rings (SSSR count). The fourth-order valence-electron chi connectivity index (χ4n) is 1.23. The molecule has 100 valence electrons. The second kappa shape index (κ2) is 7.28. The average molecular weight is 281 g/mol. The minimum absolute atomic E-state index is 0.154. The normalized spacial score (nSPS) is 9.16. The van der Waals surface area contributed by atoms with Crippen molar-refractivity contribution in [3.05, 3.63) is 59.1 Å². The van der Waals surface area contributed by atoms with E-state index in [1.54, 1.807) is 36.4 Å². The number of aromatic carboxylic acids is 1. The highest BCUT2D eigenvalue weighted by Gasteiger charge is 1.99. The Morgan fingerprint density at radius 3 is 2.21 bits per heavy atom. The first-order valence-corrected chi connectivity index (χ1v) is 5.73. The number of carboxylic acids is 1. The number of ether oxygens (including phenoxy) is 1. The van der Waals surface area contributed by atoms with E-state index < -0.39 is 5.97 Å². The van der Waals surface area contributed by atoms with Crippen molar-refractivity contribution in [1.82, 2.24) is 0 Å². The highest BCUT2D eigenvalue weighted by atomic mass is 35.5. The third-order valence-corrected chi connectivity index (χ3v) is 2.47. The molecule has 2 N–H and O–H groups in total. The van der Waals surface area contributed by atoms with Gasteiger partial charge in [0.2, 0.25) is 0 Å². The van der Waals surface area contributed by atoms with Crippen molar-refractivity contribution in [1.29, 1.82) is 0 Å². The number of phenolic OH excluding ortho intramolecular Hbond substituents is 1. The molecule has 0 fully saturated rings. The number of aromatic hydroxyl groups is 1. The zero-order valence-corrected chi connectivity index (χ0v) is 11.0. The summed E-state index contributed by atoms with van der Waals surface area (Å²) < 4.78 is 4.83. The molecule has 4 nitrogen and oxygen atoms in total. The summed E-state index contributed by atoms with van der Waals surface area (Å²) in [5.41, 5.74) is 0.331. The van der Waals surface area contributed by atoms with Gasteiger partial charge in [-0.05, 0) is 24.3 Å². The number of rotatable bonds is 2. The molecule has 0 aliphatic heterocycles. The van der Waals surface area contributed by atoms with Crippen LogP contribution in [0.1, 0.15) is 10.4 Å². The number of phenols is 1. The minimum Gasteiger partial charge on any atom is -0.508 e. The van der Waals surface area contributed by atoms with Gasteiger partial charge in [0.15, 0.2) is 0 Å². The Morgan fingerprint density at radius 1 is 1.16 bits per heavy atom. The van der Waals surface area contributed by atoms with Crippen LogP contribution >= 0.6 is 11.6 Å². The topological polar surface area (TPSA) is 66.8 Å². The second-order valence-corrected chi connectivity index (χ2v) is 3.90. The molecule has 19 heavy (non-hydrogen) atoms. The number of halogens is 1. The van der Waals surface area contributed by atoms with Gasteiger partial charge in [-0.3, -0.25) is 0 Å². The van der Waals surface area contributed by atoms with E-state index in [-0.39, 0.29) is 5.75 Å². The van der Waals surface area contributed by atoms with E-state index in [9.17, 15) is 4.79 Å². The molecule has 0 aromatic heterocycles. The molecule has 0 aliphatic carbocycles. The van der Waals surface area contributed by atoms with Gasteiger partial charge in [0, 0.05) is 6.07 Å². The molecule has 0 amide bonds. The zero-order chi connectivity index (χ0) is 14.3. The second-order valence-electron chi connectivity index (χ2n) is 3.49. The highest BCUT2D eigenvalue weighted by molar-refractivity contribution is 6.32. The maximum Gasteiger partial charge on any atom is 0.335 e. The van der Waals surface area contributed by atoms with Gasteiger partial charge in [0.1, 0.15) is 11.5 Å². The predicted molar refractivity (Wildman–Crippen MR) is 73.1 cm³/mol. The average Bonchev–Trinajstić information content (AvgIpc) is 2.43. The number of benzene rings is 2.